The summed E-state index contributed by atoms with van der Waals surface area (Å²) in [4.78, 5) is 0. The van der Waals surface area contributed by atoms with Crippen LogP contribution in [0.15, 0.2) is 30.3 Å². The van der Waals surface area contributed by atoms with Crippen LogP contribution >= 0.6 is 0 Å². The van der Waals surface area contributed by atoms with Crippen LogP contribution in [0.2, 0.25) is 0 Å². The highest BCUT2D eigenvalue weighted by Crippen LogP contribution is 2.34. The molecule has 0 amide bonds. The predicted octanol–water partition coefficient (Wildman–Crippen LogP) is 3.80. The smallest absolute Gasteiger partial charge is 0.508 e. The monoisotopic (exact) mass is 356 g/mol. The topological polar surface area (TPSA) is 68.0 Å². The van der Waals surface area contributed by atoms with E-state index in [0.29, 0.717) is 22.6 Å². The first-order chi connectivity index (χ1) is 11.6. The van der Waals surface area contributed by atoms with Gasteiger partial charge in [-0.2, -0.15) is 0 Å². The van der Waals surface area contributed by atoms with Gasteiger partial charge in [-0.3, -0.25) is 0 Å². The molecule has 0 spiro atoms. The molecule has 0 unspecified atom stereocenters. The quantitative estimate of drug-likeness (QED) is 0.630. The van der Waals surface area contributed by atoms with Crippen LogP contribution in [0.1, 0.15) is 16.7 Å². The van der Waals surface area contributed by atoms with E-state index in [1.165, 1.54) is 30.3 Å². The summed E-state index contributed by atoms with van der Waals surface area (Å²) in [6.45, 7) is 3.23. The number of nitrogens with two attached hydrogens (primary N) is 1. The van der Waals surface area contributed by atoms with Crippen LogP contribution in [0.4, 0.5) is 18.9 Å². The lowest BCUT2D eigenvalue weighted by Gasteiger charge is -2.21. The molecular formula is C17H19F3N2O3. The fourth-order valence-corrected chi connectivity index (χ4v) is 2.33. The molecule has 2 aromatic carbocycles. The maximum Gasteiger partial charge on any atom is 0.573 e. The molecule has 2 rings (SSSR count). The molecule has 3 N–H and O–H groups in total. The van der Waals surface area contributed by atoms with Crippen LogP contribution < -0.4 is 20.3 Å². The molecule has 0 aromatic heterocycles. The Hall–Kier alpha value is -2.61. The second-order valence-corrected chi connectivity index (χ2v) is 5.61. The number of aromatic hydroxyl groups is 1. The molecule has 0 heterocycles. The lowest BCUT2D eigenvalue weighted by Crippen LogP contribution is -2.27. The van der Waals surface area contributed by atoms with E-state index in [1.54, 1.807) is 26.0 Å². The van der Waals surface area contributed by atoms with E-state index in [4.69, 9.17) is 10.6 Å². The molecule has 5 nitrogen and oxygen atoms in total. The summed E-state index contributed by atoms with van der Waals surface area (Å²) in [5.74, 6) is 5.88. The standard InChI is InChI=1S/C17H19F3N2O3/c1-10-8-16(11(2)7-14(10)23)24-9-12-13(22(3)21)5-4-6-15(12)25-17(18,19)20/h4-8,23H,9,21H2,1-3H3. The van der Waals surface area contributed by atoms with Gasteiger partial charge in [-0.05, 0) is 49.2 Å². The molecule has 0 saturated carbocycles. The lowest BCUT2D eigenvalue weighted by molar-refractivity contribution is -0.275. The van der Waals surface area contributed by atoms with Gasteiger partial charge in [0.15, 0.2) is 0 Å². The Labute approximate surface area is 143 Å². The minimum atomic E-state index is -4.83. The molecule has 0 radical (unpaired) electrons. The Morgan fingerprint density at radius 2 is 1.80 bits per heavy atom. The molecule has 0 fully saturated rings. The van der Waals surface area contributed by atoms with Gasteiger partial charge < -0.3 is 19.6 Å². The average molecular weight is 356 g/mol. The van der Waals surface area contributed by atoms with Gasteiger partial charge in [0.2, 0.25) is 0 Å². The van der Waals surface area contributed by atoms with E-state index in [1.807, 2.05) is 0 Å². The van der Waals surface area contributed by atoms with Crippen LogP contribution in [0.5, 0.6) is 17.2 Å². The van der Waals surface area contributed by atoms with E-state index in [9.17, 15) is 18.3 Å². The van der Waals surface area contributed by atoms with Crippen LogP contribution in [0.3, 0.4) is 0 Å². The highest BCUT2D eigenvalue weighted by Gasteiger charge is 2.32. The van der Waals surface area contributed by atoms with Crippen LogP contribution in [-0.2, 0) is 6.61 Å². The maximum absolute atomic E-state index is 12.6. The first-order valence-corrected chi connectivity index (χ1v) is 7.37. The van der Waals surface area contributed by atoms with Gasteiger partial charge in [0, 0.05) is 7.05 Å². The van der Waals surface area contributed by atoms with Crippen molar-refractivity contribution < 1.29 is 27.8 Å². The number of halogens is 3. The van der Waals surface area contributed by atoms with Gasteiger partial charge in [0.25, 0.3) is 0 Å². The number of nitrogens with zero attached hydrogens (tertiary/aromatic N) is 1. The number of hydrogen-bond donors (Lipinski definition) is 2. The number of phenols is 1. The van der Waals surface area contributed by atoms with E-state index >= 15 is 0 Å². The molecule has 0 bridgehead atoms. The highest BCUT2D eigenvalue weighted by molar-refractivity contribution is 5.58. The summed E-state index contributed by atoms with van der Waals surface area (Å²) in [6, 6.07) is 7.33. The summed E-state index contributed by atoms with van der Waals surface area (Å²) in [7, 11) is 1.51. The zero-order chi connectivity index (χ0) is 18.8. The fourth-order valence-electron chi connectivity index (χ4n) is 2.33. The molecule has 0 aliphatic rings. The summed E-state index contributed by atoms with van der Waals surface area (Å²) in [6.07, 6.45) is -4.83. The summed E-state index contributed by atoms with van der Waals surface area (Å²) < 4.78 is 47.7. The van der Waals surface area contributed by atoms with Gasteiger partial charge >= 0.3 is 6.36 Å². The largest absolute Gasteiger partial charge is 0.573 e. The Morgan fingerprint density at radius 1 is 1.12 bits per heavy atom. The van der Waals surface area contributed by atoms with Gasteiger partial charge in [0.05, 0.1) is 11.3 Å². The SMILES string of the molecule is Cc1cc(OCc2c(OC(F)(F)F)cccc2N(C)N)c(C)cc1O. The molecule has 0 saturated heterocycles. The minimum absolute atomic E-state index is 0.119. The van der Waals surface area contributed by atoms with Gasteiger partial charge in [0.1, 0.15) is 23.9 Å². The van der Waals surface area contributed by atoms with Crippen molar-refractivity contribution in [3.63, 3.8) is 0 Å². The molecule has 25 heavy (non-hydrogen) atoms. The Kier molecular flexibility index (Phi) is 5.32. The lowest BCUT2D eigenvalue weighted by atomic mass is 10.1. The van der Waals surface area contributed by atoms with Gasteiger partial charge in [-0.15, -0.1) is 13.2 Å². The third-order valence-electron chi connectivity index (χ3n) is 3.58. The minimum Gasteiger partial charge on any atom is -0.508 e. The number of phenolic OH excluding ortho intramolecular Hbond substituents is 1. The number of ether oxygens (including phenoxy) is 2. The van der Waals surface area contributed by atoms with Crippen molar-refractivity contribution in [3.8, 4) is 17.2 Å². The predicted molar refractivity (Wildman–Crippen MR) is 87.6 cm³/mol. The van der Waals surface area contributed by atoms with Crippen molar-refractivity contribution >= 4 is 5.69 Å². The summed E-state index contributed by atoms with van der Waals surface area (Å²) >= 11 is 0. The zero-order valence-electron chi connectivity index (χ0n) is 14.0. The molecule has 8 heteroatoms. The van der Waals surface area contributed by atoms with Crippen molar-refractivity contribution in [2.45, 2.75) is 26.8 Å². The van der Waals surface area contributed by atoms with Crippen molar-refractivity contribution in [3.05, 3.63) is 47.0 Å². The number of hydrazine groups is 1. The fraction of sp³-hybridized carbons (Fsp3) is 0.294. The molecular weight excluding hydrogens is 337 g/mol. The van der Waals surface area contributed by atoms with Crippen molar-refractivity contribution in [2.75, 3.05) is 12.1 Å². The number of anilines is 1. The molecule has 136 valence electrons. The van der Waals surface area contributed by atoms with Crippen LogP contribution in [0, 0.1) is 13.8 Å². The first kappa shape index (κ1) is 18.7. The second kappa shape index (κ2) is 7.10. The van der Waals surface area contributed by atoms with Crippen molar-refractivity contribution in [1.82, 2.24) is 0 Å². The van der Waals surface area contributed by atoms with Crippen molar-refractivity contribution in [2.24, 2.45) is 5.84 Å². The number of aryl methyl sites for hydroxylation is 2. The average Bonchev–Trinajstić information content (AvgIpc) is 2.48. The number of rotatable bonds is 5. The van der Waals surface area contributed by atoms with E-state index < -0.39 is 6.36 Å². The van der Waals surface area contributed by atoms with E-state index in [0.717, 1.165) is 0 Å². The summed E-state index contributed by atoms with van der Waals surface area (Å²) in [5, 5.41) is 10.9. The number of benzene rings is 2. The number of hydrogen-bond acceptors (Lipinski definition) is 5. The zero-order valence-corrected chi connectivity index (χ0v) is 14.0. The Morgan fingerprint density at radius 3 is 2.40 bits per heavy atom. The third-order valence-corrected chi connectivity index (χ3v) is 3.58. The first-order valence-electron chi connectivity index (χ1n) is 7.37. The van der Waals surface area contributed by atoms with Gasteiger partial charge in [-0.1, -0.05) is 6.07 Å². The highest BCUT2D eigenvalue weighted by atomic mass is 19.4. The molecule has 0 aliphatic carbocycles. The molecule has 0 aliphatic heterocycles. The number of alkyl halides is 3. The Balaban J connectivity index is 2.36. The van der Waals surface area contributed by atoms with Gasteiger partial charge in [-0.25, -0.2) is 5.84 Å². The second-order valence-electron chi connectivity index (χ2n) is 5.61. The third kappa shape index (κ3) is 4.69. The van der Waals surface area contributed by atoms with Crippen LogP contribution in [0.25, 0.3) is 0 Å². The molecule has 2 aromatic rings. The molecule has 0 atom stereocenters. The van der Waals surface area contributed by atoms with Crippen molar-refractivity contribution in [1.29, 1.82) is 0 Å². The van der Waals surface area contributed by atoms with Crippen LogP contribution in [-0.4, -0.2) is 18.5 Å². The van der Waals surface area contributed by atoms with E-state index in [2.05, 4.69) is 4.74 Å². The summed E-state index contributed by atoms with van der Waals surface area (Å²) in [5.41, 5.74) is 1.75. The normalized spacial score (nSPS) is 11.3. The maximum atomic E-state index is 12.6. The Bertz CT molecular complexity index is 762. The van der Waals surface area contributed by atoms with E-state index in [-0.39, 0.29) is 23.7 Å².